The molecule has 1 heterocycles. The fourth-order valence-electron chi connectivity index (χ4n) is 5.02. The van der Waals surface area contributed by atoms with Crippen LogP contribution >= 0.6 is 0 Å². The van der Waals surface area contributed by atoms with Crippen molar-refractivity contribution in [2.75, 3.05) is 23.3 Å². The molecule has 11 heteroatoms. The van der Waals surface area contributed by atoms with Gasteiger partial charge in [0.05, 0.1) is 10.5 Å². The molecule has 8 nitrogen and oxygen atoms in total. The monoisotopic (exact) mass is 505 g/mol. The number of benzene rings is 2. The molecule has 1 saturated heterocycles. The van der Waals surface area contributed by atoms with Gasteiger partial charge in [-0.2, -0.15) is 13.2 Å². The average Bonchev–Trinajstić information content (AvgIpc) is 2.85. The molecule has 1 saturated carbocycles. The number of urea groups is 1. The van der Waals surface area contributed by atoms with Gasteiger partial charge in [0.2, 0.25) is 0 Å². The van der Waals surface area contributed by atoms with E-state index in [2.05, 4.69) is 20.9 Å². The van der Waals surface area contributed by atoms with Crippen LogP contribution in [0.5, 0.6) is 0 Å². The van der Waals surface area contributed by atoms with Gasteiger partial charge >= 0.3 is 12.2 Å². The molecule has 2 aromatic carbocycles. The molecular weight excluding hydrogens is 475 g/mol. The first-order chi connectivity index (χ1) is 17.2. The van der Waals surface area contributed by atoms with E-state index in [1.54, 1.807) is 12.1 Å². The molecule has 0 bridgehead atoms. The lowest BCUT2D eigenvalue weighted by Crippen LogP contribution is -2.57. The van der Waals surface area contributed by atoms with E-state index in [9.17, 15) is 28.1 Å². The molecule has 4 rings (SSSR count). The maximum Gasteiger partial charge on any atom is 0.416 e. The number of nitrogens with zero attached hydrogens (tertiary/aromatic N) is 2. The van der Waals surface area contributed by atoms with Crippen molar-refractivity contribution in [3.05, 3.63) is 64.2 Å². The van der Waals surface area contributed by atoms with Crippen molar-refractivity contribution < 1.29 is 22.9 Å². The normalized spacial score (nSPS) is 22.6. The quantitative estimate of drug-likeness (QED) is 0.365. The Morgan fingerprint density at radius 1 is 0.944 bits per heavy atom. The minimum Gasteiger partial charge on any atom is -0.370 e. The lowest BCUT2D eigenvalue weighted by atomic mass is 9.89. The van der Waals surface area contributed by atoms with Crippen LogP contribution in [-0.4, -0.2) is 42.2 Å². The van der Waals surface area contributed by atoms with Crippen LogP contribution in [0.3, 0.4) is 0 Å². The summed E-state index contributed by atoms with van der Waals surface area (Å²) in [7, 11) is 0. The van der Waals surface area contributed by atoms with E-state index in [4.69, 9.17) is 0 Å². The molecule has 1 aliphatic heterocycles. The van der Waals surface area contributed by atoms with E-state index < -0.39 is 22.7 Å². The summed E-state index contributed by atoms with van der Waals surface area (Å²) in [6, 6.07) is 10.7. The van der Waals surface area contributed by atoms with Crippen molar-refractivity contribution in [3.63, 3.8) is 0 Å². The lowest BCUT2D eigenvalue weighted by molar-refractivity contribution is -0.384. The smallest absolute Gasteiger partial charge is 0.370 e. The van der Waals surface area contributed by atoms with Crippen LogP contribution in [-0.2, 0) is 6.18 Å². The second kappa shape index (κ2) is 11.2. The van der Waals surface area contributed by atoms with Gasteiger partial charge in [0, 0.05) is 54.7 Å². The summed E-state index contributed by atoms with van der Waals surface area (Å²) in [6.45, 7) is 1.64. The predicted molar refractivity (Wildman–Crippen MR) is 131 cm³/mol. The number of nitro benzene ring substituents is 1. The Balaban J connectivity index is 1.32. The summed E-state index contributed by atoms with van der Waals surface area (Å²) in [6.07, 6.45) is 1.32. The van der Waals surface area contributed by atoms with Gasteiger partial charge < -0.3 is 20.9 Å². The number of halogens is 3. The molecule has 0 aromatic heterocycles. The molecule has 1 aliphatic carbocycles. The third-order valence-electron chi connectivity index (χ3n) is 6.85. The Bertz CT molecular complexity index is 1050. The fourth-order valence-corrected chi connectivity index (χ4v) is 5.02. The van der Waals surface area contributed by atoms with Gasteiger partial charge in [0.15, 0.2) is 0 Å². The highest BCUT2D eigenvalue weighted by atomic mass is 19.4. The summed E-state index contributed by atoms with van der Waals surface area (Å²) in [5.41, 5.74) is 0.546. The maximum absolute atomic E-state index is 12.8. The number of non-ortho nitro benzene ring substituents is 1. The number of piperidine rings is 1. The number of anilines is 2. The molecule has 2 aliphatic rings. The van der Waals surface area contributed by atoms with Crippen molar-refractivity contribution in [1.29, 1.82) is 0 Å². The van der Waals surface area contributed by atoms with E-state index in [0.717, 1.165) is 69.4 Å². The van der Waals surface area contributed by atoms with Gasteiger partial charge in [0.1, 0.15) is 0 Å². The molecule has 194 valence electrons. The van der Waals surface area contributed by atoms with Crippen molar-refractivity contribution in [1.82, 2.24) is 10.6 Å². The van der Waals surface area contributed by atoms with Gasteiger partial charge in [-0.15, -0.1) is 0 Å². The third kappa shape index (κ3) is 6.66. The van der Waals surface area contributed by atoms with E-state index in [1.807, 2.05) is 0 Å². The number of alkyl halides is 3. The number of nitrogens with one attached hydrogen (secondary N) is 3. The highest BCUT2D eigenvalue weighted by Crippen LogP contribution is 2.30. The van der Waals surface area contributed by atoms with Crippen LogP contribution < -0.4 is 20.9 Å². The molecule has 3 N–H and O–H groups in total. The van der Waals surface area contributed by atoms with Crippen molar-refractivity contribution >= 4 is 23.1 Å². The summed E-state index contributed by atoms with van der Waals surface area (Å²) >= 11 is 0. The average molecular weight is 506 g/mol. The zero-order valence-corrected chi connectivity index (χ0v) is 19.8. The number of rotatable bonds is 6. The molecule has 0 unspecified atom stereocenters. The standard InChI is InChI=1S/C25H30F3N5O3/c26-25(27,28)17-7-9-18(10-8-17)30-24(34)31-23-6-2-1-5-22(23)29-19-4-3-15-32(16-19)20-11-13-21(14-12-20)33(35)36/h7-14,19,22-23,29H,1-6,15-16H2,(H2,30,31,34)/t19-,22+,23+/m0/s1. The van der Waals surface area contributed by atoms with Gasteiger partial charge in [-0.3, -0.25) is 10.1 Å². The van der Waals surface area contributed by atoms with Crippen LogP contribution in [0.15, 0.2) is 48.5 Å². The molecule has 0 radical (unpaired) electrons. The number of hydrogen-bond donors (Lipinski definition) is 3. The van der Waals surface area contributed by atoms with E-state index in [-0.39, 0.29) is 23.8 Å². The van der Waals surface area contributed by atoms with Crippen LogP contribution in [0.2, 0.25) is 0 Å². The highest BCUT2D eigenvalue weighted by molar-refractivity contribution is 5.89. The molecule has 2 amide bonds. The Morgan fingerprint density at radius 2 is 1.61 bits per heavy atom. The molecule has 2 fully saturated rings. The number of nitro groups is 1. The first-order valence-electron chi connectivity index (χ1n) is 12.2. The summed E-state index contributed by atoms with van der Waals surface area (Å²) in [5.74, 6) is 0. The third-order valence-corrected chi connectivity index (χ3v) is 6.85. The first-order valence-corrected chi connectivity index (χ1v) is 12.2. The molecular formula is C25H30F3N5O3. The van der Waals surface area contributed by atoms with Gasteiger partial charge in [-0.1, -0.05) is 12.8 Å². The molecule has 2 aromatic rings. The minimum absolute atomic E-state index is 0.0659. The number of hydrogen-bond acceptors (Lipinski definition) is 5. The molecule has 0 spiro atoms. The summed E-state index contributed by atoms with van der Waals surface area (Å²) < 4.78 is 38.3. The number of carbonyl (C=O) groups is 1. The Hall–Kier alpha value is -3.34. The van der Waals surface area contributed by atoms with E-state index >= 15 is 0 Å². The van der Waals surface area contributed by atoms with Crippen LogP contribution in [0.1, 0.15) is 44.1 Å². The fraction of sp³-hybridized carbons (Fsp3) is 0.480. The summed E-state index contributed by atoms with van der Waals surface area (Å²) in [5, 5.41) is 20.3. The number of carbonyl (C=O) groups excluding carboxylic acids is 1. The molecule has 36 heavy (non-hydrogen) atoms. The van der Waals surface area contributed by atoms with Gasteiger partial charge in [-0.25, -0.2) is 4.79 Å². The maximum atomic E-state index is 12.8. The Labute approximate surface area is 207 Å². The second-order valence-electron chi connectivity index (χ2n) is 9.40. The minimum atomic E-state index is -4.42. The topological polar surface area (TPSA) is 99.5 Å². The number of amides is 2. The van der Waals surface area contributed by atoms with Gasteiger partial charge in [0.25, 0.3) is 5.69 Å². The second-order valence-corrected chi connectivity index (χ2v) is 9.40. The van der Waals surface area contributed by atoms with Crippen molar-refractivity contribution in [2.45, 2.75) is 62.8 Å². The Morgan fingerprint density at radius 3 is 2.25 bits per heavy atom. The largest absolute Gasteiger partial charge is 0.416 e. The highest BCUT2D eigenvalue weighted by Gasteiger charge is 2.31. The molecule has 3 atom stereocenters. The van der Waals surface area contributed by atoms with Gasteiger partial charge in [-0.05, 0) is 62.1 Å². The van der Waals surface area contributed by atoms with Crippen molar-refractivity contribution in [2.24, 2.45) is 0 Å². The zero-order valence-electron chi connectivity index (χ0n) is 19.8. The van der Waals surface area contributed by atoms with Crippen LogP contribution in [0.4, 0.5) is 35.0 Å². The SMILES string of the molecule is O=C(Nc1ccc(C(F)(F)F)cc1)N[C@@H]1CCCC[C@H]1N[C@H]1CCCN(c2ccc([N+](=O)[O-])cc2)C1. The Kier molecular flexibility index (Phi) is 7.97. The predicted octanol–water partition coefficient (Wildman–Crippen LogP) is 5.30. The van der Waals surface area contributed by atoms with Crippen molar-refractivity contribution in [3.8, 4) is 0 Å². The zero-order chi connectivity index (χ0) is 25.7. The van der Waals surface area contributed by atoms with Crippen LogP contribution in [0, 0.1) is 10.1 Å². The van der Waals surface area contributed by atoms with E-state index in [0.29, 0.717) is 5.69 Å². The van der Waals surface area contributed by atoms with E-state index in [1.165, 1.54) is 24.3 Å². The summed E-state index contributed by atoms with van der Waals surface area (Å²) in [4.78, 5) is 25.3. The first kappa shape index (κ1) is 25.7. The lowest BCUT2D eigenvalue weighted by Gasteiger charge is -2.40. The van der Waals surface area contributed by atoms with Crippen LogP contribution in [0.25, 0.3) is 0 Å².